The highest BCUT2D eigenvalue weighted by Crippen LogP contribution is 2.30. The molecule has 5 heteroatoms. The average molecular weight is 283 g/mol. The van der Waals surface area contributed by atoms with Gasteiger partial charge in [-0.15, -0.1) is 0 Å². The molecule has 0 saturated heterocycles. The van der Waals surface area contributed by atoms with Crippen molar-refractivity contribution < 1.29 is 4.39 Å². The average Bonchev–Trinajstić information content (AvgIpc) is 2.35. The number of rotatable bonds is 3. The molecular weight excluding hydrogens is 271 g/mol. The van der Waals surface area contributed by atoms with Crippen LogP contribution < -0.4 is 0 Å². The third-order valence-electron chi connectivity index (χ3n) is 2.65. The standard InChI is InChI=1S/C13H12ClFN2S/c1-2-3-9-12(16-7-17-13(9)18)10-6-8(15)4-5-11(10)14/h4-7H,2-3H2,1H3,(H,16,17,18). The van der Waals surface area contributed by atoms with E-state index in [0.29, 0.717) is 15.2 Å². The number of aromatic amines is 1. The number of hydrogen-bond donors (Lipinski definition) is 1. The molecule has 0 aliphatic rings. The summed E-state index contributed by atoms with van der Waals surface area (Å²) < 4.78 is 13.9. The van der Waals surface area contributed by atoms with E-state index in [1.807, 2.05) is 0 Å². The summed E-state index contributed by atoms with van der Waals surface area (Å²) in [4.78, 5) is 7.08. The van der Waals surface area contributed by atoms with Gasteiger partial charge in [0.15, 0.2) is 0 Å². The van der Waals surface area contributed by atoms with Gasteiger partial charge in [-0.05, 0) is 24.6 Å². The van der Waals surface area contributed by atoms with Crippen LogP contribution >= 0.6 is 23.8 Å². The Morgan fingerprint density at radius 2 is 2.22 bits per heavy atom. The maximum atomic E-state index is 13.3. The first kappa shape index (κ1) is 13.2. The molecule has 0 aliphatic heterocycles. The molecule has 18 heavy (non-hydrogen) atoms. The Labute approximate surface area is 115 Å². The van der Waals surface area contributed by atoms with Gasteiger partial charge in [0.05, 0.1) is 17.0 Å². The molecule has 0 saturated carbocycles. The molecule has 0 unspecified atom stereocenters. The van der Waals surface area contributed by atoms with Crippen LogP contribution in [-0.2, 0) is 6.42 Å². The van der Waals surface area contributed by atoms with Crippen LogP contribution in [0.15, 0.2) is 24.5 Å². The van der Waals surface area contributed by atoms with Gasteiger partial charge in [0.25, 0.3) is 0 Å². The Balaban J connectivity index is 2.67. The largest absolute Gasteiger partial charge is 0.345 e. The van der Waals surface area contributed by atoms with Gasteiger partial charge in [-0.1, -0.05) is 37.2 Å². The molecule has 1 heterocycles. The van der Waals surface area contributed by atoms with Crippen molar-refractivity contribution in [1.82, 2.24) is 9.97 Å². The number of hydrogen-bond acceptors (Lipinski definition) is 2. The van der Waals surface area contributed by atoms with Crippen molar-refractivity contribution in [1.29, 1.82) is 0 Å². The topological polar surface area (TPSA) is 28.7 Å². The third-order valence-corrected chi connectivity index (χ3v) is 3.33. The Bertz CT molecular complexity index is 625. The van der Waals surface area contributed by atoms with E-state index in [0.717, 1.165) is 24.1 Å². The summed E-state index contributed by atoms with van der Waals surface area (Å²) in [5, 5.41) is 0.491. The van der Waals surface area contributed by atoms with Crippen molar-refractivity contribution in [3.8, 4) is 11.3 Å². The number of halogens is 2. The van der Waals surface area contributed by atoms with Crippen LogP contribution in [0.3, 0.4) is 0 Å². The Hall–Kier alpha value is -1.26. The van der Waals surface area contributed by atoms with E-state index in [1.165, 1.54) is 18.5 Å². The van der Waals surface area contributed by atoms with Gasteiger partial charge >= 0.3 is 0 Å². The second kappa shape index (κ2) is 5.59. The number of H-pyrrole nitrogens is 1. The summed E-state index contributed by atoms with van der Waals surface area (Å²) in [6.45, 7) is 2.05. The van der Waals surface area contributed by atoms with Crippen molar-refractivity contribution in [2.75, 3.05) is 0 Å². The van der Waals surface area contributed by atoms with Crippen molar-refractivity contribution >= 4 is 23.8 Å². The maximum absolute atomic E-state index is 13.3. The second-order valence-electron chi connectivity index (χ2n) is 3.94. The van der Waals surface area contributed by atoms with Crippen molar-refractivity contribution in [2.24, 2.45) is 0 Å². The van der Waals surface area contributed by atoms with Crippen LogP contribution in [0.1, 0.15) is 18.9 Å². The smallest absolute Gasteiger partial charge is 0.133 e. The first-order chi connectivity index (χ1) is 8.63. The highest BCUT2D eigenvalue weighted by molar-refractivity contribution is 7.71. The molecule has 2 aromatic rings. The molecule has 0 fully saturated rings. The zero-order valence-electron chi connectivity index (χ0n) is 9.84. The van der Waals surface area contributed by atoms with E-state index < -0.39 is 0 Å². The summed E-state index contributed by atoms with van der Waals surface area (Å²) >= 11 is 11.3. The monoisotopic (exact) mass is 282 g/mol. The molecule has 0 atom stereocenters. The van der Waals surface area contributed by atoms with Gasteiger partial charge in [0.2, 0.25) is 0 Å². The highest BCUT2D eigenvalue weighted by atomic mass is 35.5. The minimum Gasteiger partial charge on any atom is -0.345 e. The summed E-state index contributed by atoms with van der Waals surface area (Å²) in [5.74, 6) is -0.326. The number of benzene rings is 1. The fourth-order valence-electron chi connectivity index (χ4n) is 1.84. The van der Waals surface area contributed by atoms with Gasteiger partial charge in [0.1, 0.15) is 10.5 Å². The van der Waals surface area contributed by atoms with E-state index >= 15 is 0 Å². The maximum Gasteiger partial charge on any atom is 0.133 e. The fraction of sp³-hybridized carbons (Fsp3) is 0.231. The summed E-state index contributed by atoms with van der Waals surface area (Å²) in [6, 6.07) is 4.28. The zero-order valence-corrected chi connectivity index (χ0v) is 11.4. The molecule has 2 rings (SSSR count). The Morgan fingerprint density at radius 1 is 1.44 bits per heavy atom. The van der Waals surface area contributed by atoms with E-state index in [2.05, 4.69) is 16.9 Å². The van der Waals surface area contributed by atoms with Crippen molar-refractivity contribution in [3.05, 3.63) is 45.6 Å². The van der Waals surface area contributed by atoms with Crippen LogP contribution in [0.25, 0.3) is 11.3 Å². The number of nitrogens with one attached hydrogen (secondary N) is 1. The summed E-state index contributed by atoms with van der Waals surface area (Å²) in [5.41, 5.74) is 2.28. The first-order valence-corrected chi connectivity index (χ1v) is 6.44. The lowest BCUT2D eigenvalue weighted by Gasteiger charge is -2.10. The summed E-state index contributed by atoms with van der Waals surface area (Å²) in [7, 11) is 0. The SMILES string of the molecule is CCCc1c(-c2cc(F)ccc2Cl)[nH]cnc1=S. The van der Waals surface area contributed by atoms with Crippen LogP contribution in [-0.4, -0.2) is 9.97 Å². The van der Waals surface area contributed by atoms with Crippen LogP contribution in [0, 0.1) is 10.5 Å². The van der Waals surface area contributed by atoms with Crippen molar-refractivity contribution in [3.63, 3.8) is 0 Å². The quantitative estimate of drug-likeness (QED) is 0.837. The van der Waals surface area contributed by atoms with E-state index in [4.69, 9.17) is 23.8 Å². The molecule has 0 bridgehead atoms. The van der Waals surface area contributed by atoms with Crippen LogP contribution in [0.2, 0.25) is 5.02 Å². The Morgan fingerprint density at radius 3 is 2.94 bits per heavy atom. The molecule has 0 spiro atoms. The lowest BCUT2D eigenvalue weighted by molar-refractivity contribution is 0.628. The fourth-order valence-corrected chi connectivity index (χ4v) is 2.31. The van der Waals surface area contributed by atoms with Gasteiger partial charge in [-0.3, -0.25) is 0 Å². The lowest BCUT2D eigenvalue weighted by Crippen LogP contribution is -1.97. The minimum absolute atomic E-state index is 0.326. The van der Waals surface area contributed by atoms with Gasteiger partial charge < -0.3 is 4.98 Å². The summed E-state index contributed by atoms with van der Waals surface area (Å²) in [6.07, 6.45) is 3.23. The molecule has 1 N–H and O–H groups in total. The Kier molecular flexibility index (Phi) is 4.09. The molecule has 1 aromatic carbocycles. The first-order valence-electron chi connectivity index (χ1n) is 5.65. The normalized spacial score (nSPS) is 10.6. The van der Waals surface area contributed by atoms with E-state index in [9.17, 15) is 4.39 Å². The molecule has 1 aromatic heterocycles. The van der Waals surface area contributed by atoms with Gasteiger partial charge in [-0.2, -0.15) is 0 Å². The highest BCUT2D eigenvalue weighted by Gasteiger charge is 2.11. The lowest BCUT2D eigenvalue weighted by atomic mass is 10.0. The van der Waals surface area contributed by atoms with E-state index in [1.54, 1.807) is 6.07 Å². The zero-order chi connectivity index (χ0) is 13.1. The molecular formula is C13H12ClFN2S. The molecule has 0 amide bonds. The second-order valence-corrected chi connectivity index (χ2v) is 4.73. The predicted molar refractivity (Wildman–Crippen MR) is 73.8 cm³/mol. The molecule has 0 aliphatic carbocycles. The van der Waals surface area contributed by atoms with Crippen LogP contribution in [0.4, 0.5) is 4.39 Å². The third kappa shape index (κ3) is 2.60. The predicted octanol–water partition coefficient (Wildman–Crippen LogP) is 4.55. The van der Waals surface area contributed by atoms with Gasteiger partial charge in [0, 0.05) is 11.1 Å². The molecule has 0 radical (unpaired) electrons. The number of nitrogens with zero attached hydrogens (tertiary/aromatic N) is 1. The van der Waals surface area contributed by atoms with Gasteiger partial charge in [-0.25, -0.2) is 9.37 Å². The molecule has 94 valence electrons. The minimum atomic E-state index is -0.326. The van der Waals surface area contributed by atoms with Crippen LogP contribution in [0.5, 0.6) is 0 Å². The van der Waals surface area contributed by atoms with E-state index in [-0.39, 0.29) is 5.82 Å². The number of aromatic nitrogens is 2. The molecule has 2 nitrogen and oxygen atoms in total. The van der Waals surface area contributed by atoms with Crippen molar-refractivity contribution in [2.45, 2.75) is 19.8 Å².